The number of nitrogens with zero attached hydrogens (tertiary/aromatic N) is 1. The van der Waals surface area contributed by atoms with Crippen LogP contribution in [0, 0.1) is 12.8 Å². The Morgan fingerprint density at radius 3 is 2.68 bits per heavy atom. The number of hydrogen-bond acceptors (Lipinski definition) is 5. The van der Waals surface area contributed by atoms with Crippen LogP contribution in [0.3, 0.4) is 0 Å². The van der Waals surface area contributed by atoms with E-state index in [1.54, 1.807) is 42.8 Å². The molecular weight excluding hydrogens is 398 g/mol. The number of carbonyl (C=O) groups excluding carboxylic acids is 2. The maximum absolute atomic E-state index is 12.7. The highest BCUT2D eigenvalue weighted by Crippen LogP contribution is 2.27. The molecule has 150 valence electrons. The molecule has 28 heavy (non-hydrogen) atoms. The van der Waals surface area contributed by atoms with Gasteiger partial charge in [0.1, 0.15) is 4.21 Å². The fourth-order valence-electron chi connectivity index (χ4n) is 3.24. The van der Waals surface area contributed by atoms with Crippen LogP contribution >= 0.6 is 11.3 Å². The third-order valence-corrected chi connectivity index (χ3v) is 8.06. The molecule has 2 heterocycles. The topological polar surface area (TPSA) is 95.6 Å². The maximum Gasteiger partial charge on any atom is 0.252 e. The maximum atomic E-state index is 12.7. The Bertz CT molecular complexity index is 971. The average Bonchev–Trinajstić information content (AvgIpc) is 3.24. The second-order valence-corrected chi connectivity index (χ2v) is 9.84. The van der Waals surface area contributed by atoms with Gasteiger partial charge in [-0.25, -0.2) is 8.42 Å². The van der Waals surface area contributed by atoms with Crippen molar-refractivity contribution in [2.45, 2.75) is 24.0 Å². The standard InChI is InChI=1S/C19H23N3O4S2/c1-13-11-14(18(23)20-2)7-8-16(13)21-19(24)15-5-3-9-22(12-15)28(25,26)17-6-4-10-27-17/h4,6-8,10-11,15H,3,5,9,12H2,1-2H3,(H,20,23)(H,21,24). The number of carbonyl (C=O) groups is 2. The summed E-state index contributed by atoms with van der Waals surface area (Å²) < 4.78 is 27.1. The second kappa shape index (κ2) is 8.42. The molecule has 7 nitrogen and oxygen atoms in total. The molecule has 1 aliphatic heterocycles. The first-order valence-electron chi connectivity index (χ1n) is 9.00. The molecule has 1 aromatic heterocycles. The third-order valence-electron chi connectivity index (χ3n) is 4.82. The Balaban J connectivity index is 1.70. The molecule has 0 saturated carbocycles. The lowest BCUT2D eigenvalue weighted by Gasteiger charge is -2.31. The Morgan fingerprint density at radius 2 is 2.04 bits per heavy atom. The van der Waals surface area contributed by atoms with Gasteiger partial charge in [0.2, 0.25) is 5.91 Å². The molecule has 1 fully saturated rings. The zero-order chi connectivity index (χ0) is 20.3. The van der Waals surface area contributed by atoms with E-state index in [4.69, 9.17) is 0 Å². The molecule has 2 amide bonds. The molecule has 0 aliphatic carbocycles. The van der Waals surface area contributed by atoms with Crippen molar-refractivity contribution in [1.29, 1.82) is 0 Å². The molecule has 9 heteroatoms. The minimum atomic E-state index is -3.56. The highest BCUT2D eigenvalue weighted by molar-refractivity contribution is 7.91. The quantitative estimate of drug-likeness (QED) is 0.775. The number of benzene rings is 1. The second-order valence-electron chi connectivity index (χ2n) is 6.73. The summed E-state index contributed by atoms with van der Waals surface area (Å²) in [5.41, 5.74) is 1.91. The molecule has 1 unspecified atom stereocenters. The molecule has 0 spiro atoms. The zero-order valence-electron chi connectivity index (χ0n) is 15.8. The Labute approximate surface area is 168 Å². The van der Waals surface area contributed by atoms with Crippen molar-refractivity contribution in [3.05, 3.63) is 46.8 Å². The van der Waals surface area contributed by atoms with E-state index in [-0.39, 0.29) is 18.4 Å². The number of anilines is 1. The van der Waals surface area contributed by atoms with E-state index in [0.717, 1.165) is 5.56 Å². The molecule has 3 rings (SSSR count). The van der Waals surface area contributed by atoms with Crippen LogP contribution in [0.2, 0.25) is 0 Å². The normalized spacial score (nSPS) is 17.9. The summed E-state index contributed by atoms with van der Waals surface area (Å²) in [6.07, 6.45) is 1.27. The van der Waals surface area contributed by atoms with Gasteiger partial charge in [-0.2, -0.15) is 4.31 Å². The molecule has 1 saturated heterocycles. The van der Waals surface area contributed by atoms with Gasteiger partial charge >= 0.3 is 0 Å². The van der Waals surface area contributed by atoms with Gasteiger partial charge in [-0.05, 0) is 55.0 Å². The van der Waals surface area contributed by atoms with Crippen LogP contribution in [0.5, 0.6) is 0 Å². The van der Waals surface area contributed by atoms with Crippen LogP contribution < -0.4 is 10.6 Å². The molecule has 2 aromatic rings. The summed E-state index contributed by atoms with van der Waals surface area (Å²) in [4.78, 5) is 24.5. The van der Waals surface area contributed by atoms with Crippen molar-refractivity contribution in [3.8, 4) is 0 Å². The molecule has 0 radical (unpaired) electrons. The van der Waals surface area contributed by atoms with Gasteiger partial charge in [0.05, 0.1) is 5.92 Å². The van der Waals surface area contributed by atoms with Crippen LogP contribution in [0.15, 0.2) is 39.9 Å². The minimum Gasteiger partial charge on any atom is -0.355 e. The fraction of sp³-hybridized carbons (Fsp3) is 0.368. The van der Waals surface area contributed by atoms with Crippen molar-refractivity contribution in [2.75, 3.05) is 25.5 Å². The van der Waals surface area contributed by atoms with Crippen molar-refractivity contribution in [3.63, 3.8) is 0 Å². The van der Waals surface area contributed by atoms with Gasteiger partial charge in [-0.1, -0.05) is 6.07 Å². The van der Waals surface area contributed by atoms with E-state index in [2.05, 4.69) is 10.6 Å². The highest BCUT2D eigenvalue weighted by Gasteiger charge is 2.33. The SMILES string of the molecule is CNC(=O)c1ccc(NC(=O)C2CCCN(S(=O)(=O)c3cccs3)C2)c(C)c1. The number of rotatable bonds is 5. The first-order chi connectivity index (χ1) is 13.3. The molecule has 2 N–H and O–H groups in total. The monoisotopic (exact) mass is 421 g/mol. The number of sulfonamides is 1. The smallest absolute Gasteiger partial charge is 0.252 e. The molecular formula is C19H23N3O4S2. The largest absolute Gasteiger partial charge is 0.355 e. The van der Waals surface area contributed by atoms with E-state index >= 15 is 0 Å². The van der Waals surface area contributed by atoms with Crippen molar-refractivity contribution < 1.29 is 18.0 Å². The minimum absolute atomic E-state index is 0.168. The Kier molecular flexibility index (Phi) is 6.17. The number of amides is 2. The number of piperidine rings is 1. The van der Waals surface area contributed by atoms with Crippen molar-refractivity contribution in [2.24, 2.45) is 5.92 Å². The van der Waals surface area contributed by atoms with Gasteiger partial charge in [-0.3, -0.25) is 9.59 Å². The lowest BCUT2D eigenvalue weighted by Crippen LogP contribution is -2.43. The highest BCUT2D eigenvalue weighted by atomic mass is 32.2. The van der Waals surface area contributed by atoms with E-state index < -0.39 is 15.9 Å². The van der Waals surface area contributed by atoms with E-state index in [1.165, 1.54) is 15.6 Å². The summed E-state index contributed by atoms with van der Waals surface area (Å²) in [6.45, 7) is 2.40. The summed E-state index contributed by atoms with van der Waals surface area (Å²) in [6, 6.07) is 8.34. The predicted octanol–water partition coefficient (Wildman–Crippen LogP) is 2.46. The van der Waals surface area contributed by atoms with Crippen LogP contribution in [-0.4, -0.2) is 44.7 Å². The lowest BCUT2D eigenvalue weighted by molar-refractivity contribution is -0.120. The Morgan fingerprint density at radius 1 is 1.25 bits per heavy atom. The van der Waals surface area contributed by atoms with Crippen molar-refractivity contribution >= 4 is 38.9 Å². The fourth-order valence-corrected chi connectivity index (χ4v) is 5.90. The van der Waals surface area contributed by atoms with Crippen LogP contribution in [0.1, 0.15) is 28.8 Å². The number of nitrogens with one attached hydrogen (secondary N) is 2. The molecule has 1 aliphatic rings. The van der Waals surface area contributed by atoms with Crippen LogP contribution in [0.4, 0.5) is 5.69 Å². The van der Waals surface area contributed by atoms with E-state index in [9.17, 15) is 18.0 Å². The summed E-state index contributed by atoms with van der Waals surface area (Å²) in [5, 5.41) is 7.17. The molecule has 1 aromatic carbocycles. The molecule has 0 bridgehead atoms. The van der Waals surface area contributed by atoms with Crippen LogP contribution in [0.25, 0.3) is 0 Å². The first-order valence-corrected chi connectivity index (χ1v) is 11.3. The lowest BCUT2D eigenvalue weighted by atomic mass is 9.98. The van der Waals surface area contributed by atoms with Gasteiger partial charge in [0, 0.05) is 31.4 Å². The summed E-state index contributed by atoms with van der Waals surface area (Å²) >= 11 is 1.18. The van der Waals surface area contributed by atoms with Gasteiger partial charge in [0.15, 0.2) is 0 Å². The molecule has 1 atom stereocenters. The first kappa shape index (κ1) is 20.5. The number of aryl methyl sites for hydroxylation is 1. The predicted molar refractivity (Wildman–Crippen MR) is 109 cm³/mol. The van der Waals surface area contributed by atoms with Crippen molar-refractivity contribution in [1.82, 2.24) is 9.62 Å². The summed E-state index contributed by atoms with van der Waals surface area (Å²) in [7, 11) is -1.99. The van der Waals surface area contributed by atoms with Gasteiger partial charge in [0.25, 0.3) is 15.9 Å². The third kappa shape index (κ3) is 4.26. The van der Waals surface area contributed by atoms with E-state index in [1.807, 2.05) is 6.92 Å². The number of thiophene rings is 1. The van der Waals surface area contributed by atoms with Gasteiger partial charge < -0.3 is 10.6 Å². The zero-order valence-corrected chi connectivity index (χ0v) is 17.4. The van der Waals surface area contributed by atoms with Crippen LogP contribution in [-0.2, 0) is 14.8 Å². The number of hydrogen-bond donors (Lipinski definition) is 2. The van der Waals surface area contributed by atoms with Gasteiger partial charge in [-0.15, -0.1) is 11.3 Å². The average molecular weight is 422 g/mol. The Hall–Kier alpha value is -2.23. The van der Waals surface area contributed by atoms with E-state index in [0.29, 0.717) is 34.8 Å². The summed E-state index contributed by atoms with van der Waals surface area (Å²) in [5.74, 6) is -0.814.